The molecule has 2 aromatic rings. The molecule has 0 aliphatic carbocycles. The molecule has 2 aliphatic heterocycles. The van der Waals surface area contributed by atoms with Crippen LogP contribution in [0.25, 0.3) is 11.6 Å². The fourth-order valence-corrected chi connectivity index (χ4v) is 4.50. The van der Waals surface area contributed by atoms with Gasteiger partial charge in [0.25, 0.3) is 0 Å². The third kappa shape index (κ3) is 5.10. The molecule has 4 heteroatoms. The van der Waals surface area contributed by atoms with Gasteiger partial charge in [0.1, 0.15) is 0 Å². The van der Waals surface area contributed by atoms with Crippen LogP contribution < -0.4 is 0 Å². The van der Waals surface area contributed by atoms with Gasteiger partial charge in [0.2, 0.25) is 0 Å². The summed E-state index contributed by atoms with van der Waals surface area (Å²) in [5.74, 6) is 0.307. The maximum Gasteiger partial charge on any atom is 0.0749 e. The molecule has 0 spiro atoms. The minimum Gasteiger partial charge on any atom is -0.393 e. The van der Waals surface area contributed by atoms with E-state index in [1.165, 1.54) is 16.7 Å². The van der Waals surface area contributed by atoms with Crippen LogP contribution in [0.5, 0.6) is 0 Å². The molecule has 1 saturated heterocycles. The molecule has 2 unspecified atom stereocenters. The average molecular weight is 421 g/mol. The standard InChI is InChI=1S/C26H29ClN2O/c1-19-24(21-5-3-2-4-6-21)11-14-28-26(19)10-9-22-8-7-20(17-25(22)27)18-29-15-12-23(30)13-16-29/h2-11,14,17,19,23,26,30H,12-13,15-16,18H2,1H3/b10-9+. The predicted octanol–water partition coefficient (Wildman–Crippen LogP) is 5.48. The summed E-state index contributed by atoms with van der Waals surface area (Å²) in [6.45, 7) is 4.99. The lowest BCUT2D eigenvalue weighted by Gasteiger charge is -2.29. The number of halogens is 1. The van der Waals surface area contributed by atoms with E-state index in [-0.39, 0.29) is 12.1 Å². The van der Waals surface area contributed by atoms with E-state index >= 15 is 0 Å². The highest BCUT2D eigenvalue weighted by Crippen LogP contribution is 2.31. The van der Waals surface area contributed by atoms with Crippen molar-refractivity contribution in [3.63, 3.8) is 0 Å². The highest BCUT2D eigenvalue weighted by atomic mass is 35.5. The Morgan fingerprint density at radius 3 is 2.63 bits per heavy atom. The van der Waals surface area contributed by atoms with Crippen molar-refractivity contribution in [2.75, 3.05) is 13.1 Å². The quantitative estimate of drug-likeness (QED) is 0.694. The van der Waals surface area contributed by atoms with E-state index in [0.29, 0.717) is 5.92 Å². The summed E-state index contributed by atoms with van der Waals surface area (Å²) in [5, 5.41) is 10.4. The van der Waals surface area contributed by atoms with Crippen LogP contribution in [0.1, 0.15) is 36.5 Å². The lowest BCUT2D eigenvalue weighted by molar-refractivity contribution is 0.0792. The Kier molecular flexibility index (Phi) is 6.83. The molecule has 4 rings (SSSR count). The Labute approximate surface area is 184 Å². The highest BCUT2D eigenvalue weighted by molar-refractivity contribution is 6.32. The average Bonchev–Trinajstić information content (AvgIpc) is 2.76. The number of piperidine rings is 1. The second kappa shape index (κ2) is 9.74. The number of rotatable bonds is 5. The largest absolute Gasteiger partial charge is 0.393 e. The van der Waals surface area contributed by atoms with Crippen molar-refractivity contribution in [3.05, 3.63) is 82.4 Å². The van der Waals surface area contributed by atoms with Crippen LogP contribution in [-0.2, 0) is 6.54 Å². The molecule has 2 aliphatic rings. The topological polar surface area (TPSA) is 35.8 Å². The molecule has 2 heterocycles. The smallest absolute Gasteiger partial charge is 0.0749 e. The molecule has 1 fully saturated rings. The van der Waals surface area contributed by atoms with Crippen LogP contribution >= 0.6 is 11.6 Å². The third-order valence-electron chi connectivity index (χ3n) is 6.12. The number of aliphatic imine (C=N–C) groups is 1. The molecule has 3 nitrogen and oxygen atoms in total. The molecule has 2 aromatic carbocycles. The number of allylic oxidation sites excluding steroid dienone is 1. The van der Waals surface area contributed by atoms with Crippen LogP contribution in [-0.4, -0.2) is 41.5 Å². The van der Waals surface area contributed by atoms with Crippen molar-refractivity contribution in [2.24, 2.45) is 10.9 Å². The Morgan fingerprint density at radius 1 is 1.13 bits per heavy atom. The molecule has 0 amide bonds. The maximum absolute atomic E-state index is 9.67. The first kappa shape index (κ1) is 21.0. The Balaban J connectivity index is 1.41. The van der Waals surface area contributed by atoms with Gasteiger partial charge in [-0.05, 0) is 47.2 Å². The van der Waals surface area contributed by atoms with Crippen molar-refractivity contribution >= 4 is 29.5 Å². The highest BCUT2D eigenvalue weighted by Gasteiger charge is 2.21. The molecule has 0 saturated carbocycles. The summed E-state index contributed by atoms with van der Waals surface area (Å²) >= 11 is 6.59. The fourth-order valence-electron chi connectivity index (χ4n) is 4.24. The Bertz CT molecular complexity index is 943. The van der Waals surface area contributed by atoms with Crippen LogP contribution in [0, 0.1) is 5.92 Å². The fraction of sp³-hybridized carbons (Fsp3) is 0.346. The van der Waals surface area contributed by atoms with Crippen LogP contribution in [0.15, 0.2) is 65.7 Å². The zero-order chi connectivity index (χ0) is 20.9. The molecule has 0 aromatic heterocycles. The predicted molar refractivity (Wildman–Crippen MR) is 127 cm³/mol. The van der Waals surface area contributed by atoms with Gasteiger partial charge in [-0.15, -0.1) is 0 Å². The van der Waals surface area contributed by atoms with Gasteiger partial charge in [-0.2, -0.15) is 0 Å². The monoisotopic (exact) mass is 420 g/mol. The SMILES string of the molecule is CC1C(c2ccccc2)=CC=NC1/C=C/c1ccc(CN2CCC(O)CC2)cc1Cl. The van der Waals surface area contributed by atoms with Crippen LogP contribution in [0.3, 0.4) is 0 Å². The lowest BCUT2D eigenvalue weighted by Crippen LogP contribution is -2.35. The van der Waals surface area contributed by atoms with E-state index in [2.05, 4.69) is 77.5 Å². The van der Waals surface area contributed by atoms with Crippen molar-refractivity contribution in [2.45, 2.75) is 38.5 Å². The Hall–Kier alpha value is -2.20. The van der Waals surface area contributed by atoms with Crippen molar-refractivity contribution in [1.82, 2.24) is 4.90 Å². The zero-order valence-electron chi connectivity index (χ0n) is 17.4. The summed E-state index contributed by atoms with van der Waals surface area (Å²) < 4.78 is 0. The maximum atomic E-state index is 9.67. The van der Waals surface area contributed by atoms with Gasteiger partial charge >= 0.3 is 0 Å². The second-order valence-electron chi connectivity index (χ2n) is 8.29. The zero-order valence-corrected chi connectivity index (χ0v) is 18.2. The van der Waals surface area contributed by atoms with Gasteiger partial charge in [0.05, 0.1) is 12.1 Å². The number of aliphatic hydroxyl groups excluding tert-OH is 1. The molecule has 2 atom stereocenters. The number of nitrogens with zero attached hydrogens (tertiary/aromatic N) is 2. The van der Waals surface area contributed by atoms with Crippen molar-refractivity contribution in [3.8, 4) is 0 Å². The minimum absolute atomic E-state index is 0.0979. The number of benzene rings is 2. The normalized spacial score (nSPS) is 23.1. The molecule has 156 valence electrons. The summed E-state index contributed by atoms with van der Waals surface area (Å²) in [7, 11) is 0. The summed E-state index contributed by atoms with van der Waals surface area (Å²) in [4.78, 5) is 7.05. The third-order valence-corrected chi connectivity index (χ3v) is 6.45. The molecule has 0 bridgehead atoms. The van der Waals surface area contributed by atoms with Gasteiger partial charge in [0, 0.05) is 36.8 Å². The van der Waals surface area contributed by atoms with E-state index in [1.54, 1.807) is 0 Å². The molecular weight excluding hydrogens is 392 g/mol. The van der Waals surface area contributed by atoms with Gasteiger partial charge in [-0.25, -0.2) is 0 Å². The number of likely N-dealkylation sites (tertiary alicyclic amines) is 1. The number of aliphatic hydroxyl groups is 1. The molecule has 30 heavy (non-hydrogen) atoms. The number of hydrogen-bond donors (Lipinski definition) is 1. The molecule has 0 radical (unpaired) electrons. The summed E-state index contributed by atoms with van der Waals surface area (Å²) in [5.41, 5.74) is 4.80. The van der Waals surface area contributed by atoms with E-state index in [9.17, 15) is 5.11 Å². The second-order valence-corrected chi connectivity index (χ2v) is 8.69. The molecule has 1 N–H and O–H groups in total. The van der Waals surface area contributed by atoms with Crippen molar-refractivity contribution in [1.29, 1.82) is 0 Å². The van der Waals surface area contributed by atoms with Crippen LogP contribution in [0.2, 0.25) is 5.02 Å². The van der Waals surface area contributed by atoms with E-state index in [4.69, 9.17) is 11.6 Å². The van der Waals surface area contributed by atoms with Crippen molar-refractivity contribution < 1.29 is 5.11 Å². The van der Waals surface area contributed by atoms with Gasteiger partial charge in [-0.3, -0.25) is 9.89 Å². The summed E-state index contributed by atoms with van der Waals surface area (Å²) in [6, 6.07) is 16.9. The first-order valence-electron chi connectivity index (χ1n) is 10.8. The van der Waals surface area contributed by atoms with Gasteiger partial charge < -0.3 is 5.11 Å². The number of hydrogen-bond acceptors (Lipinski definition) is 3. The van der Waals surface area contributed by atoms with E-state index in [1.807, 2.05) is 12.3 Å². The Morgan fingerprint density at radius 2 is 1.90 bits per heavy atom. The first-order chi connectivity index (χ1) is 14.6. The van der Waals surface area contributed by atoms with E-state index < -0.39 is 0 Å². The van der Waals surface area contributed by atoms with Gasteiger partial charge in [0.15, 0.2) is 0 Å². The number of dihydropyridines is 1. The lowest BCUT2D eigenvalue weighted by atomic mass is 9.86. The van der Waals surface area contributed by atoms with Crippen LogP contribution in [0.4, 0.5) is 0 Å². The summed E-state index contributed by atoms with van der Waals surface area (Å²) in [6.07, 6.45) is 9.85. The molecular formula is C26H29ClN2O. The first-order valence-corrected chi connectivity index (χ1v) is 11.1. The minimum atomic E-state index is -0.139. The van der Waals surface area contributed by atoms with E-state index in [0.717, 1.165) is 43.1 Å². The van der Waals surface area contributed by atoms with Gasteiger partial charge in [-0.1, -0.05) is 73.1 Å².